The second kappa shape index (κ2) is 4.42. The number of aryl methyl sites for hydroxylation is 1. The zero-order valence-corrected chi connectivity index (χ0v) is 10.4. The minimum atomic E-state index is -4.66. The fraction of sp³-hybridized carbons (Fsp3) is 0.333. The first-order chi connectivity index (χ1) is 8.68. The van der Waals surface area contributed by atoms with E-state index < -0.39 is 16.9 Å². The average Bonchev–Trinajstić information content (AvgIpc) is 2.60. The van der Waals surface area contributed by atoms with E-state index in [2.05, 4.69) is 20.7 Å². The Morgan fingerprint density at radius 2 is 2.21 bits per heavy atom. The van der Waals surface area contributed by atoms with E-state index in [-0.39, 0.29) is 5.96 Å². The summed E-state index contributed by atoms with van der Waals surface area (Å²) < 4.78 is 39.4. The highest BCUT2D eigenvalue weighted by atomic mass is 35.5. The number of nitrogens with two attached hydrogens (primary N) is 1. The van der Waals surface area contributed by atoms with Gasteiger partial charge in [-0.1, -0.05) is 11.6 Å². The van der Waals surface area contributed by atoms with Gasteiger partial charge in [0, 0.05) is 19.4 Å². The maximum atomic E-state index is 12.6. The summed E-state index contributed by atoms with van der Waals surface area (Å²) in [7, 11) is 1.69. The number of halogens is 4. The first-order valence-electron chi connectivity index (χ1n) is 5.06. The molecule has 0 saturated heterocycles. The van der Waals surface area contributed by atoms with Crippen molar-refractivity contribution in [1.29, 1.82) is 0 Å². The van der Waals surface area contributed by atoms with Crippen LogP contribution in [0.15, 0.2) is 29.2 Å². The van der Waals surface area contributed by atoms with Crippen molar-refractivity contribution < 1.29 is 13.2 Å². The molecule has 104 valence electrons. The number of rotatable bonds is 1. The Bertz CT molecular complexity index is 544. The summed E-state index contributed by atoms with van der Waals surface area (Å²) in [6.07, 6.45) is -0.992. The smallest absolute Gasteiger partial charge is 0.323 e. The van der Waals surface area contributed by atoms with Gasteiger partial charge in [-0.3, -0.25) is 10.4 Å². The summed E-state index contributed by atoms with van der Waals surface area (Å²) in [5.74, 6) is -0.00139. The SMILES string of the molecule is Cn1cc(NC2=NC=C(C(F)(F)F)C(N)(Cl)N2)cn1. The summed E-state index contributed by atoms with van der Waals surface area (Å²) in [6, 6.07) is 0. The fourth-order valence-electron chi connectivity index (χ4n) is 1.46. The molecule has 1 unspecified atom stereocenters. The maximum Gasteiger partial charge on any atom is 0.418 e. The third-order valence-electron chi connectivity index (χ3n) is 2.29. The number of alkyl halides is 4. The van der Waals surface area contributed by atoms with Crippen molar-refractivity contribution in [2.24, 2.45) is 17.8 Å². The third kappa shape index (κ3) is 2.99. The lowest BCUT2D eigenvalue weighted by molar-refractivity contribution is -0.0981. The number of hydrogen-bond acceptors (Lipinski definition) is 5. The van der Waals surface area contributed by atoms with Crippen LogP contribution in [0, 0.1) is 0 Å². The molecule has 0 aromatic carbocycles. The predicted molar refractivity (Wildman–Crippen MR) is 64.3 cm³/mol. The largest absolute Gasteiger partial charge is 0.418 e. The van der Waals surface area contributed by atoms with Gasteiger partial charge >= 0.3 is 6.18 Å². The van der Waals surface area contributed by atoms with Gasteiger partial charge in [0.25, 0.3) is 0 Å². The zero-order chi connectivity index (χ0) is 14.3. The van der Waals surface area contributed by atoms with Crippen molar-refractivity contribution in [3.8, 4) is 0 Å². The number of nitrogens with one attached hydrogen (secondary N) is 2. The normalized spacial score (nSPS) is 23.5. The van der Waals surface area contributed by atoms with Gasteiger partial charge < -0.3 is 10.6 Å². The van der Waals surface area contributed by atoms with Gasteiger partial charge in [0.1, 0.15) is 5.57 Å². The molecule has 0 aliphatic carbocycles. The van der Waals surface area contributed by atoms with Crippen LogP contribution in [-0.4, -0.2) is 27.0 Å². The van der Waals surface area contributed by atoms with Crippen molar-refractivity contribution >= 4 is 23.2 Å². The van der Waals surface area contributed by atoms with Gasteiger partial charge in [-0.2, -0.15) is 18.3 Å². The van der Waals surface area contributed by atoms with Crippen molar-refractivity contribution in [2.75, 3.05) is 5.32 Å². The van der Waals surface area contributed by atoms with Gasteiger partial charge in [0.15, 0.2) is 5.12 Å². The van der Waals surface area contributed by atoms with Gasteiger partial charge in [0.05, 0.1) is 11.9 Å². The van der Waals surface area contributed by atoms with E-state index in [0.717, 1.165) is 0 Å². The molecular formula is C9H10ClF3N6. The van der Waals surface area contributed by atoms with E-state index in [4.69, 9.17) is 17.3 Å². The molecule has 2 rings (SSSR count). The monoisotopic (exact) mass is 294 g/mol. The van der Waals surface area contributed by atoms with Crippen LogP contribution in [0.5, 0.6) is 0 Å². The van der Waals surface area contributed by atoms with Gasteiger partial charge in [0.2, 0.25) is 5.96 Å². The van der Waals surface area contributed by atoms with Crippen LogP contribution >= 0.6 is 11.6 Å². The molecule has 1 aromatic rings. The van der Waals surface area contributed by atoms with Crippen LogP contribution in [0.25, 0.3) is 0 Å². The molecular weight excluding hydrogens is 285 g/mol. The standard InChI is InChI=1S/C9H10ClF3N6/c1-19-4-5(2-16-19)17-7-15-3-6(9(11,12)13)8(10,14)18-7/h2-4H,14H2,1H3,(H2,15,17,18). The van der Waals surface area contributed by atoms with Gasteiger partial charge in [-0.15, -0.1) is 0 Å². The lowest BCUT2D eigenvalue weighted by Gasteiger charge is -2.31. The zero-order valence-electron chi connectivity index (χ0n) is 9.66. The lowest BCUT2D eigenvalue weighted by Crippen LogP contribution is -2.58. The molecule has 10 heteroatoms. The van der Waals surface area contributed by atoms with Crippen LogP contribution < -0.4 is 16.4 Å². The quantitative estimate of drug-likeness (QED) is 0.535. The molecule has 1 aromatic heterocycles. The molecule has 0 spiro atoms. The number of guanidine groups is 1. The number of anilines is 1. The fourth-order valence-corrected chi connectivity index (χ4v) is 1.71. The second-order valence-corrected chi connectivity index (χ2v) is 4.48. The van der Waals surface area contributed by atoms with E-state index >= 15 is 0 Å². The number of aromatic nitrogens is 2. The highest BCUT2D eigenvalue weighted by Gasteiger charge is 2.47. The average molecular weight is 295 g/mol. The third-order valence-corrected chi connectivity index (χ3v) is 2.59. The van der Waals surface area contributed by atoms with Crippen LogP contribution in [0.4, 0.5) is 18.9 Å². The van der Waals surface area contributed by atoms with E-state index in [0.29, 0.717) is 11.9 Å². The van der Waals surface area contributed by atoms with Crippen LogP contribution in [0.2, 0.25) is 0 Å². The molecule has 0 fully saturated rings. The van der Waals surface area contributed by atoms with Crippen LogP contribution in [-0.2, 0) is 7.05 Å². The van der Waals surface area contributed by atoms with Crippen molar-refractivity contribution in [3.05, 3.63) is 24.2 Å². The summed E-state index contributed by atoms with van der Waals surface area (Å²) in [5, 5.41) is 6.58. The number of hydrogen-bond donors (Lipinski definition) is 3. The molecule has 0 bridgehead atoms. The molecule has 19 heavy (non-hydrogen) atoms. The molecule has 1 aliphatic rings. The Kier molecular flexibility index (Phi) is 3.19. The predicted octanol–water partition coefficient (Wildman–Crippen LogP) is 1.09. The molecule has 0 amide bonds. The Labute approximate surface area is 111 Å². The molecule has 4 N–H and O–H groups in total. The molecule has 1 atom stereocenters. The second-order valence-electron chi connectivity index (χ2n) is 3.88. The number of nitrogens with zero attached hydrogens (tertiary/aromatic N) is 3. The van der Waals surface area contributed by atoms with E-state index in [1.54, 1.807) is 13.2 Å². The minimum absolute atomic E-state index is 0.00139. The molecule has 0 radical (unpaired) electrons. The van der Waals surface area contributed by atoms with E-state index in [1.165, 1.54) is 10.9 Å². The van der Waals surface area contributed by atoms with Gasteiger partial charge in [-0.05, 0) is 0 Å². The maximum absolute atomic E-state index is 12.6. The molecule has 6 nitrogen and oxygen atoms in total. The molecule has 2 heterocycles. The Morgan fingerprint density at radius 1 is 1.53 bits per heavy atom. The molecule has 1 aliphatic heterocycles. The Balaban J connectivity index is 2.22. The van der Waals surface area contributed by atoms with E-state index in [1.807, 2.05) is 0 Å². The first-order valence-corrected chi connectivity index (χ1v) is 5.43. The number of aliphatic imine (C=N–C) groups is 1. The highest BCUT2D eigenvalue weighted by Crippen LogP contribution is 2.35. The first kappa shape index (κ1) is 13.7. The summed E-state index contributed by atoms with van der Waals surface area (Å²) >= 11 is 5.63. The van der Waals surface area contributed by atoms with Gasteiger partial charge in [-0.25, -0.2) is 4.99 Å². The Hall–Kier alpha value is -1.74. The summed E-state index contributed by atoms with van der Waals surface area (Å²) in [6.45, 7) is 0. The van der Waals surface area contributed by atoms with E-state index in [9.17, 15) is 13.2 Å². The minimum Gasteiger partial charge on any atom is -0.323 e. The Morgan fingerprint density at radius 3 is 2.68 bits per heavy atom. The summed E-state index contributed by atoms with van der Waals surface area (Å²) in [5.41, 5.74) is 4.75. The highest BCUT2D eigenvalue weighted by molar-refractivity contribution is 6.27. The summed E-state index contributed by atoms with van der Waals surface area (Å²) in [4.78, 5) is 3.59. The van der Waals surface area contributed by atoms with Crippen molar-refractivity contribution in [3.63, 3.8) is 0 Å². The van der Waals surface area contributed by atoms with Crippen molar-refractivity contribution in [1.82, 2.24) is 15.1 Å². The topological polar surface area (TPSA) is 80.3 Å². The molecule has 0 saturated carbocycles. The van der Waals surface area contributed by atoms with Crippen LogP contribution in [0.1, 0.15) is 0 Å². The lowest BCUT2D eigenvalue weighted by atomic mass is 10.2. The van der Waals surface area contributed by atoms with Crippen LogP contribution in [0.3, 0.4) is 0 Å². The van der Waals surface area contributed by atoms with Crippen molar-refractivity contribution in [2.45, 2.75) is 11.3 Å².